The number of carbonyl (C=O) groups excluding carboxylic acids is 2. The summed E-state index contributed by atoms with van der Waals surface area (Å²) in [6, 6.07) is 0. The van der Waals surface area contributed by atoms with Gasteiger partial charge in [-0.1, -0.05) is 13.2 Å². The maximum Gasteiger partial charge on any atom is 0.333 e. The number of hydrogen-bond acceptors (Lipinski definition) is 5. The largest absolute Gasteiger partial charge is 0.458 e. The van der Waals surface area contributed by atoms with Crippen molar-refractivity contribution in [3.05, 3.63) is 24.3 Å². The highest BCUT2D eigenvalue weighted by Crippen LogP contribution is 2.03. The molecule has 0 fully saturated rings. The molecule has 0 aromatic carbocycles. The lowest BCUT2D eigenvalue weighted by atomic mass is 10.3. The second-order valence-electron chi connectivity index (χ2n) is 3.67. The van der Waals surface area contributed by atoms with Gasteiger partial charge in [0.05, 0.1) is 6.61 Å². The molecule has 0 saturated carbocycles. The summed E-state index contributed by atoms with van der Waals surface area (Å²) in [5.74, 6) is -1.28. The molecule has 18 heavy (non-hydrogen) atoms. The van der Waals surface area contributed by atoms with Crippen molar-refractivity contribution in [3.8, 4) is 0 Å². The van der Waals surface area contributed by atoms with E-state index in [0.717, 1.165) is 0 Å². The van der Waals surface area contributed by atoms with Gasteiger partial charge < -0.3 is 14.2 Å². The Morgan fingerprint density at radius 3 is 2.11 bits per heavy atom. The van der Waals surface area contributed by atoms with Crippen molar-refractivity contribution in [2.24, 2.45) is 0 Å². The summed E-state index contributed by atoms with van der Waals surface area (Å²) in [6.45, 7) is 8.29. The topological polar surface area (TPSA) is 61.8 Å². The number of carbonyl (C=O) groups is 2. The van der Waals surface area contributed by atoms with Gasteiger partial charge in [0.25, 0.3) is 0 Å². The van der Waals surface area contributed by atoms with Crippen molar-refractivity contribution in [2.45, 2.75) is 20.0 Å². The van der Waals surface area contributed by atoms with Gasteiger partial charge in [0, 0.05) is 11.1 Å². The fourth-order valence-electron chi connectivity index (χ4n) is 0.836. The average molecular weight is 260 g/mol. The molecule has 0 aromatic rings. The van der Waals surface area contributed by atoms with Crippen LogP contribution in [0, 0.1) is 0 Å². The standard InChI is InChI=1S/C12H17FO5/c1-8(2)11(14)17-6-10(5-16-7-13)18-12(15)9(3)4/h10H,1,3,5-7H2,2,4H3. The Bertz CT molecular complexity index is 337. The molecule has 0 heterocycles. The van der Waals surface area contributed by atoms with E-state index in [9.17, 15) is 14.0 Å². The molecular formula is C12H17FO5. The average Bonchev–Trinajstić information content (AvgIpc) is 2.31. The first kappa shape index (κ1) is 16.3. The molecule has 0 spiro atoms. The van der Waals surface area contributed by atoms with Gasteiger partial charge in [0.15, 0.2) is 13.0 Å². The smallest absolute Gasteiger partial charge is 0.333 e. The molecule has 102 valence electrons. The number of ether oxygens (including phenoxy) is 3. The molecule has 0 aliphatic rings. The molecule has 5 nitrogen and oxygen atoms in total. The SMILES string of the molecule is C=C(C)C(=O)OCC(COCF)OC(=O)C(=C)C. The van der Waals surface area contributed by atoms with Gasteiger partial charge in [-0.05, 0) is 13.8 Å². The van der Waals surface area contributed by atoms with Crippen LogP contribution in [0.3, 0.4) is 0 Å². The van der Waals surface area contributed by atoms with E-state index in [2.05, 4.69) is 17.9 Å². The third kappa shape index (κ3) is 6.80. The molecular weight excluding hydrogens is 243 g/mol. The molecule has 0 rings (SSSR count). The van der Waals surface area contributed by atoms with E-state index >= 15 is 0 Å². The lowest BCUT2D eigenvalue weighted by Gasteiger charge is -2.17. The monoisotopic (exact) mass is 260 g/mol. The van der Waals surface area contributed by atoms with Crippen LogP contribution in [0.5, 0.6) is 0 Å². The molecule has 6 heteroatoms. The van der Waals surface area contributed by atoms with Crippen LogP contribution in [-0.2, 0) is 23.8 Å². The van der Waals surface area contributed by atoms with Crippen molar-refractivity contribution in [3.63, 3.8) is 0 Å². The zero-order valence-corrected chi connectivity index (χ0v) is 10.5. The third-order valence-electron chi connectivity index (χ3n) is 1.75. The third-order valence-corrected chi connectivity index (χ3v) is 1.75. The van der Waals surface area contributed by atoms with E-state index in [4.69, 9.17) is 9.47 Å². The van der Waals surface area contributed by atoms with Crippen molar-refractivity contribution >= 4 is 11.9 Å². The first-order chi connectivity index (χ1) is 8.38. The van der Waals surface area contributed by atoms with Gasteiger partial charge in [0.1, 0.15) is 6.61 Å². The van der Waals surface area contributed by atoms with Crippen LogP contribution in [0.25, 0.3) is 0 Å². The summed E-state index contributed by atoms with van der Waals surface area (Å²) in [4.78, 5) is 22.4. The highest BCUT2D eigenvalue weighted by Gasteiger charge is 2.18. The van der Waals surface area contributed by atoms with Crippen molar-refractivity contribution in [1.29, 1.82) is 0 Å². The van der Waals surface area contributed by atoms with Crippen LogP contribution < -0.4 is 0 Å². The Balaban J connectivity index is 4.30. The normalized spacial score (nSPS) is 11.5. The zero-order chi connectivity index (χ0) is 14.1. The minimum atomic E-state index is -1.02. The van der Waals surface area contributed by atoms with Crippen molar-refractivity contribution in [2.75, 3.05) is 20.1 Å². The molecule has 0 bridgehead atoms. The number of hydrogen-bond donors (Lipinski definition) is 0. The second-order valence-corrected chi connectivity index (χ2v) is 3.67. The van der Waals surface area contributed by atoms with Gasteiger partial charge in [-0.3, -0.25) is 0 Å². The minimum absolute atomic E-state index is 0.187. The van der Waals surface area contributed by atoms with Crippen LogP contribution in [0.15, 0.2) is 24.3 Å². The van der Waals surface area contributed by atoms with Crippen molar-refractivity contribution < 1.29 is 28.2 Å². The fraction of sp³-hybridized carbons (Fsp3) is 0.500. The summed E-state index contributed by atoms with van der Waals surface area (Å²) in [5.41, 5.74) is 0.401. The Labute approximate surface area is 105 Å². The van der Waals surface area contributed by atoms with Crippen LogP contribution in [-0.4, -0.2) is 38.1 Å². The van der Waals surface area contributed by atoms with Crippen LogP contribution in [0.1, 0.15) is 13.8 Å². The van der Waals surface area contributed by atoms with E-state index < -0.39 is 24.9 Å². The number of esters is 2. The molecule has 0 aliphatic carbocycles. The highest BCUT2D eigenvalue weighted by atomic mass is 19.1. The van der Waals surface area contributed by atoms with E-state index in [1.807, 2.05) is 0 Å². The summed E-state index contributed by atoms with van der Waals surface area (Å²) in [5, 5.41) is 0. The first-order valence-electron chi connectivity index (χ1n) is 5.21. The van der Waals surface area contributed by atoms with Crippen LogP contribution in [0.4, 0.5) is 4.39 Å². The lowest BCUT2D eigenvalue weighted by molar-refractivity contribution is -0.158. The van der Waals surface area contributed by atoms with E-state index in [1.54, 1.807) is 0 Å². The van der Waals surface area contributed by atoms with E-state index in [0.29, 0.717) is 0 Å². The molecule has 0 aliphatic heterocycles. The molecule has 1 unspecified atom stereocenters. The molecule has 0 radical (unpaired) electrons. The van der Waals surface area contributed by atoms with Crippen LogP contribution >= 0.6 is 0 Å². The predicted molar refractivity (Wildman–Crippen MR) is 62.4 cm³/mol. The Morgan fingerprint density at radius 2 is 1.67 bits per heavy atom. The van der Waals surface area contributed by atoms with Gasteiger partial charge in [-0.25, -0.2) is 14.0 Å². The quantitative estimate of drug-likeness (QED) is 0.489. The number of halogens is 1. The Hall–Kier alpha value is -1.69. The number of rotatable bonds is 8. The van der Waals surface area contributed by atoms with Gasteiger partial charge in [0.2, 0.25) is 0 Å². The minimum Gasteiger partial charge on any atom is -0.458 e. The second kappa shape index (κ2) is 8.41. The highest BCUT2D eigenvalue weighted by molar-refractivity contribution is 5.87. The van der Waals surface area contributed by atoms with Gasteiger partial charge >= 0.3 is 11.9 Å². The molecule has 1 atom stereocenters. The maximum absolute atomic E-state index is 11.9. The van der Waals surface area contributed by atoms with Gasteiger partial charge in [-0.15, -0.1) is 0 Å². The Morgan fingerprint density at radius 1 is 1.11 bits per heavy atom. The maximum atomic E-state index is 11.9. The fourth-order valence-corrected chi connectivity index (χ4v) is 0.836. The molecule has 0 saturated heterocycles. The van der Waals surface area contributed by atoms with Crippen molar-refractivity contribution in [1.82, 2.24) is 0 Å². The Kier molecular flexibility index (Phi) is 7.62. The summed E-state index contributed by atoms with van der Waals surface area (Å²) in [6.07, 6.45) is -0.881. The first-order valence-corrected chi connectivity index (χ1v) is 5.21. The summed E-state index contributed by atoms with van der Waals surface area (Å²) in [7, 11) is 0. The van der Waals surface area contributed by atoms with E-state index in [-0.39, 0.29) is 24.4 Å². The van der Waals surface area contributed by atoms with Gasteiger partial charge in [-0.2, -0.15) is 0 Å². The number of alkyl halides is 1. The predicted octanol–water partition coefficient (Wildman–Crippen LogP) is 1.54. The summed E-state index contributed by atoms with van der Waals surface area (Å²) >= 11 is 0. The zero-order valence-electron chi connectivity index (χ0n) is 10.5. The van der Waals surface area contributed by atoms with Crippen LogP contribution in [0.2, 0.25) is 0 Å². The molecule has 0 aromatic heterocycles. The lowest BCUT2D eigenvalue weighted by Crippen LogP contribution is -2.30. The summed E-state index contributed by atoms with van der Waals surface area (Å²) < 4.78 is 26.1. The van der Waals surface area contributed by atoms with E-state index in [1.165, 1.54) is 13.8 Å². The molecule has 0 amide bonds. The molecule has 0 N–H and O–H groups in total.